The Hall–Kier alpha value is -1.87. The Bertz CT molecular complexity index is 553. The van der Waals surface area contributed by atoms with E-state index in [1.54, 1.807) is 0 Å². The van der Waals surface area contributed by atoms with Gasteiger partial charge in [-0.3, -0.25) is 5.01 Å². The van der Waals surface area contributed by atoms with Crippen molar-refractivity contribution in [1.82, 2.24) is 0 Å². The fourth-order valence-electron chi connectivity index (χ4n) is 1.88. The van der Waals surface area contributed by atoms with Gasteiger partial charge in [0.1, 0.15) is 12.8 Å². The van der Waals surface area contributed by atoms with Crippen LogP contribution >= 0.6 is 0 Å². The lowest BCUT2D eigenvalue weighted by Crippen LogP contribution is -3.00. The number of hydrogen-bond donors (Lipinski definition) is 0. The summed E-state index contributed by atoms with van der Waals surface area (Å²) in [4.78, 5) is 0. The Kier molecular flexibility index (Phi) is 7.55. The van der Waals surface area contributed by atoms with Crippen molar-refractivity contribution in [2.24, 2.45) is 12.1 Å². The van der Waals surface area contributed by atoms with E-state index in [0.29, 0.717) is 0 Å². The normalized spacial score (nSPS) is 10.2. The number of halogens is 1. The quantitative estimate of drug-likeness (QED) is 0.443. The molecule has 0 spiro atoms. The first-order valence-electron chi connectivity index (χ1n) is 5.97. The van der Waals surface area contributed by atoms with Gasteiger partial charge in [0.25, 0.3) is 0 Å². The van der Waals surface area contributed by atoms with E-state index in [1.807, 2.05) is 74.7 Å². The summed E-state index contributed by atoms with van der Waals surface area (Å²) in [6.45, 7) is 2.02. The minimum absolute atomic E-state index is 0. The average molecular weight is 292 g/mol. The van der Waals surface area contributed by atoms with Gasteiger partial charge >= 0.3 is 0 Å². The highest BCUT2D eigenvalue weighted by Gasteiger charge is 2.09. The number of hydrogen-bond acceptors (Lipinski definition) is 2. The van der Waals surface area contributed by atoms with E-state index in [2.05, 4.69) is 15.7 Å². The fourth-order valence-corrected chi connectivity index (χ4v) is 1.88. The molecule has 20 heavy (non-hydrogen) atoms. The number of aryl methyl sites for hydroxylation is 1. The van der Waals surface area contributed by atoms with Crippen LogP contribution in [0, 0.1) is 0 Å². The molecule has 0 amide bonds. The molecule has 0 bridgehead atoms. The number of hydrazone groups is 1. The lowest BCUT2D eigenvalue weighted by atomic mass is 10.2. The van der Waals surface area contributed by atoms with Gasteiger partial charge in [-0.15, -0.1) is 0 Å². The maximum atomic E-state index is 4.61. The monoisotopic (exact) mass is 291 g/mol. The zero-order chi connectivity index (χ0) is 13.0. The van der Waals surface area contributed by atoms with Crippen molar-refractivity contribution >= 4 is 11.4 Å². The second-order valence-corrected chi connectivity index (χ2v) is 4.24. The van der Waals surface area contributed by atoms with Gasteiger partial charge < -0.3 is 12.4 Å². The molecule has 108 valence electrons. The first-order valence-corrected chi connectivity index (χ1v) is 5.97. The highest BCUT2D eigenvalue weighted by molar-refractivity contribution is 5.96. The van der Waals surface area contributed by atoms with Crippen molar-refractivity contribution in [3.63, 3.8) is 0 Å². The predicted octanol–water partition coefficient (Wildman–Crippen LogP) is 0.0116. The molecular weight excluding hydrogens is 270 g/mol. The molecule has 0 N–H and O–H groups in total. The zero-order valence-electron chi connectivity index (χ0n) is 11.4. The minimum Gasteiger partial charge on any atom is -1.00 e. The summed E-state index contributed by atoms with van der Waals surface area (Å²) in [6.07, 6.45) is 2.02. The summed E-state index contributed by atoms with van der Waals surface area (Å²) in [7, 11) is 3.98. The van der Waals surface area contributed by atoms with E-state index in [4.69, 9.17) is 0 Å². The third-order valence-corrected chi connectivity index (χ3v) is 2.86. The van der Waals surface area contributed by atoms with Gasteiger partial charge in [0.2, 0.25) is 5.69 Å². The van der Waals surface area contributed by atoms with Crippen LogP contribution in [0.25, 0.3) is 0 Å². The Morgan fingerprint density at radius 3 is 2.25 bits per heavy atom. The molecule has 3 nitrogen and oxygen atoms in total. The molecule has 2 aromatic rings. The molecule has 0 fully saturated rings. The second-order valence-electron chi connectivity index (χ2n) is 4.24. The van der Waals surface area contributed by atoms with E-state index >= 15 is 0 Å². The van der Waals surface area contributed by atoms with Crippen molar-refractivity contribution in [3.8, 4) is 0 Å². The number of nitrogens with zero attached hydrogens (tertiary/aromatic N) is 3. The van der Waals surface area contributed by atoms with Crippen LogP contribution in [0.2, 0.25) is 0 Å². The molecule has 1 aromatic carbocycles. The summed E-state index contributed by atoms with van der Waals surface area (Å²) >= 11 is 0. The largest absolute Gasteiger partial charge is 1.00 e. The van der Waals surface area contributed by atoms with Crippen LogP contribution in [0.15, 0.2) is 59.8 Å². The molecule has 0 radical (unpaired) electrons. The molecule has 0 aliphatic rings. The second kappa shape index (κ2) is 8.33. The van der Waals surface area contributed by atoms with Crippen LogP contribution in [0.3, 0.4) is 0 Å². The Morgan fingerprint density at radius 2 is 1.65 bits per heavy atom. The Labute approximate surface area is 128 Å². The van der Waals surface area contributed by atoms with Gasteiger partial charge in [-0.25, -0.2) is 0 Å². The lowest BCUT2D eigenvalue weighted by molar-refractivity contribution is -0.672. The Morgan fingerprint density at radius 1 is 1.05 bits per heavy atom. The molecule has 0 aliphatic heterocycles. The standard InChI is InChI=1S/C15H18N3.CH4.ClH/c1-13(15-11-7-8-12-17(15)2)16-18(3)14-9-5-4-6-10-14;;/h4-12H,1-3H3;1H4;1H/q+1;;/p-1. The fraction of sp³-hybridized carbons (Fsp3) is 0.250. The first kappa shape index (κ1) is 18.1. The van der Waals surface area contributed by atoms with Crippen LogP contribution in [0.5, 0.6) is 0 Å². The van der Waals surface area contributed by atoms with Crippen molar-refractivity contribution in [1.29, 1.82) is 0 Å². The lowest BCUT2D eigenvalue weighted by Gasteiger charge is -2.13. The summed E-state index contributed by atoms with van der Waals surface area (Å²) in [5.74, 6) is 0. The Balaban J connectivity index is 0.00000180. The van der Waals surface area contributed by atoms with Gasteiger partial charge in [0.15, 0.2) is 6.20 Å². The third kappa shape index (κ3) is 4.35. The molecule has 0 aliphatic carbocycles. The van der Waals surface area contributed by atoms with Gasteiger partial charge in [-0.1, -0.05) is 25.6 Å². The number of aromatic nitrogens is 1. The summed E-state index contributed by atoms with van der Waals surface area (Å²) < 4.78 is 2.07. The SMILES string of the molecule is C.C/C(=N\N(C)c1ccccc1)c1cccc[n+]1C.[Cl-]. The van der Waals surface area contributed by atoms with E-state index in [1.165, 1.54) is 0 Å². The smallest absolute Gasteiger partial charge is 0.228 e. The van der Waals surface area contributed by atoms with Gasteiger partial charge in [0, 0.05) is 19.2 Å². The predicted molar refractivity (Wildman–Crippen MR) is 81.4 cm³/mol. The van der Waals surface area contributed by atoms with Crippen LogP contribution < -0.4 is 22.0 Å². The molecule has 4 heteroatoms. The highest BCUT2D eigenvalue weighted by Crippen LogP contribution is 2.11. The number of anilines is 1. The van der Waals surface area contributed by atoms with Crippen LogP contribution in [-0.4, -0.2) is 12.8 Å². The molecular formula is C16H22ClN3. The molecule has 0 unspecified atom stereocenters. The topological polar surface area (TPSA) is 19.5 Å². The minimum atomic E-state index is 0. The van der Waals surface area contributed by atoms with E-state index in [0.717, 1.165) is 17.1 Å². The van der Waals surface area contributed by atoms with Crippen LogP contribution in [-0.2, 0) is 7.05 Å². The molecule has 2 rings (SSSR count). The maximum absolute atomic E-state index is 4.61. The van der Waals surface area contributed by atoms with Crippen molar-refractivity contribution < 1.29 is 17.0 Å². The number of para-hydroxylation sites is 1. The van der Waals surface area contributed by atoms with E-state index in [9.17, 15) is 0 Å². The molecule has 0 atom stereocenters. The number of benzene rings is 1. The van der Waals surface area contributed by atoms with Crippen molar-refractivity contribution in [3.05, 3.63) is 60.4 Å². The molecule has 1 heterocycles. The van der Waals surface area contributed by atoms with Crippen LogP contribution in [0.1, 0.15) is 20.0 Å². The van der Waals surface area contributed by atoms with Gasteiger partial charge in [-0.05, 0) is 25.1 Å². The van der Waals surface area contributed by atoms with Crippen LogP contribution in [0.4, 0.5) is 5.69 Å². The van der Waals surface area contributed by atoms with E-state index in [-0.39, 0.29) is 19.8 Å². The summed E-state index contributed by atoms with van der Waals surface area (Å²) in [6, 6.07) is 16.2. The first-order chi connectivity index (χ1) is 8.68. The van der Waals surface area contributed by atoms with Crippen molar-refractivity contribution in [2.75, 3.05) is 12.1 Å². The maximum Gasteiger partial charge on any atom is 0.228 e. The van der Waals surface area contributed by atoms with Crippen molar-refractivity contribution in [2.45, 2.75) is 14.4 Å². The third-order valence-electron chi connectivity index (χ3n) is 2.86. The number of rotatable bonds is 3. The molecule has 1 aromatic heterocycles. The molecule has 0 saturated carbocycles. The number of pyridine rings is 1. The molecule has 0 saturated heterocycles. The van der Waals surface area contributed by atoms with Gasteiger partial charge in [-0.2, -0.15) is 9.67 Å². The summed E-state index contributed by atoms with van der Waals surface area (Å²) in [5.41, 5.74) is 3.18. The zero-order valence-corrected chi connectivity index (χ0v) is 12.2. The highest BCUT2D eigenvalue weighted by atomic mass is 35.5. The van der Waals surface area contributed by atoms with Gasteiger partial charge in [0.05, 0.1) is 5.69 Å². The summed E-state index contributed by atoms with van der Waals surface area (Å²) in [5, 5.41) is 6.50. The van der Waals surface area contributed by atoms with E-state index < -0.39 is 0 Å². The average Bonchev–Trinajstić information content (AvgIpc) is 2.40.